The van der Waals surface area contributed by atoms with E-state index in [0.29, 0.717) is 6.04 Å². The maximum atomic E-state index is 11.5. The molecule has 0 atom stereocenters. The van der Waals surface area contributed by atoms with Crippen LogP contribution in [0.15, 0.2) is 0 Å². The van der Waals surface area contributed by atoms with E-state index in [1.54, 1.807) is 4.90 Å². The van der Waals surface area contributed by atoms with E-state index in [1.807, 2.05) is 27.8 Å². The fourth-order valence-electron chi connectivity index (χ4n) is 1.26. The van der Waals surface area contributed by atoms with Crippen molar-refractivity contribution in [1.29, 1.82) is 0 Å². The second-order valence-corrected chi connectivity index (χ2v) is 4.68. The number of carbonyl (C=O) groups excluding carboxylic acids is 1. The van der Waals surface area contributed by atoms with Crippen molar-refractivity contribution >= 4 is 6.09 Å². The molecule has 0 N–H and O–H groups in total. The largest absolute Gasteiger partial charge is 0.444 e. The van der Waals surface area contributed by atoms with Crippen LogP contribution >= 0.6 is 0 Å². The van der Waals surface area contributed by atoms with Crippen LogP contribution < -0.4 is 0 Å². The average Bonchev–Trinajstić information content (AvgIpc) is 1.78. The average molecular weight is 185 g/mol. The van der Waals surface area contributed by atoms with E-state index in [2.05, 4.69) is 0 Å². The number of amides is 1. The highest BCUT2D eigenvalue weighted by molar-refractivity contribution is 5.68. The summed E-state index contributed by atoms with van der Waals surface area (Å²) in [5.74, 6) is 0. The van der Waals surface area contributed by atoms with Crippen LogP contribution in [-0.4, -0.2) is 29.7 Å². The van der Waals surface area contributed by atoms with Crippen molar-refractivity contribution in [2.45, 2.75) is 51.7 Å². The van der Waals surface area contributed by atoms with Crippen LogP contribution in [0.2, 0.25) is 0 Å². The van der Waals surface area contributed by atoms with E-state index < -0.39 is 0 Å². The SMILES string of the molecule is CN(C(=O)OC(C)(C)C)C1CCC1. The molecule has 0 saturated heterocycles. The van der Waals surface area contributed by atoms with Crippen molar-refractivity contribution in [3.63, 3.8) is 0 Å². The number of rotatable bonds is 1. The molecule has 1 rings (SSSR count). The van der Waals surface area contributed by atoms with Gasteiger partial charge in [-0.1, -0.05) is 0 Å². The van der Waals surface area contributed by atoms with Gasteiger partial charge in [0, 0.05) is 13.1 Å². The Morgan fingerprint density at radius 1 is 1.38 bits per heavy atom. The van der Waals surface area contributed by atoms with E-state index in [9.17, 15) is 4.79 Å². The molecule has 0 aromatic carbocycles. The molecule has 0 bridgehead atoms. The third-order valence-corrected chi connectivity index (χ3v) is 2.30. The van der Waals surface area contributed by atoms with Gasteiger partial charge < -0.3 is 9.64 Å². The predicted molar refractivity (Wildman–Crippen MR) is 51.6 cm³/mol. The number of ether oxygens (including phenoxy) is 1. The summed E-state index contributed by atoms with van der Waals surface area (Å²) in [6.07, 6.45) is 3.28. The summed E-state index contributed by atoms with van der Waals surface area (Å²) in [5, 5.41) is 0. The topological polar surface area (TPSA) is 29.5 Å². The van der Waals surface area contributed by atoms with Crippen molar-refractivity contribution in [2.24, 2.45) is 0 Å². The monoisotopic (exact) mass is 185 g/mol. The fraction of sp³-hybridized carbons (Fsp3) is 0.900. The zero-order chi connectivity index (χ0) is 10.1. The molecule has 0 aromatic heterocycles. The normalized spacial score (nSPS) is 17.8. The van der Waals surface area contributed by atoms with Crippen LogP contribution in [0.5, 0.6) is 0 Å². The Morgan fingerprint density at radius 3 is 2.23 bits per heavy atom. The number of nitrogens with zero attached hydrogens (tertiary/aromatic N) is 1. The summed E-state index contributed by atoms with van der Waals surface area (Å²) < 4.78 is 5.24. The molecule has 1 aliphatic rings. The quantitative estimate of drug-likeness (QED) is 0.627. The van der Waals surface area contributed by atoms with Crippen LogP contribution in [0, 0.1) is 0 Å². The summed E-state index contributed by atoms with van der Waals surface area (Å²) in [6.45, 7) is 5.67. The molecular formula is C10H19NO2. The fourth-order valence-corrected chi connectivity index (χ4v) is 1.26. The third-order valence-electron chi connectivity index (χ3n) is 2.30. The maximum Gasteiger partial charge on any atom is 0.410 e. The summed E-state index contributed by atoms with van der Waals surface area (Å²) in [7, 11) is 1.82. The Hall–Kier alpha value is -0.730. The molecule has 0 unspecified atom stereocenters. The van der Waals surface area contributed by atoms with Crippen molar-refractivity contribution in [3.05, 3.63) is 0 Å². The van der Waals surface area contributed by atoms with Gasteiger partial charge in [0.1, 0.15) is 5.60 Å². The van der Waals surface area contributed by atoms with Crippen LogP contribution in [0.1, 0.15) is 40.0 Å². The van der Waals surface area contributed by atoms with Crippen LogP contribution in [0.25, 0.3) is 0 Å². The Bertz CT molecular complexity index is 192. The van der Waals surface area contributed by atoms with Gasteiger partial charge in [0.25, 0.3) is 0 Å². The standard InChI is InChI=1S/C10H19NO2/c1-10(2,3)13-9(12)11(4)8-6-5-7-8/h8H,5-7H2,1-4H3. The molecule has 1 amide bonds. The summed E-state index contributed by atoms with van der Waals surface area (Å²) in [5.41, 5.74) is -0.380. The zero-order valence-corrected chi connectivity index (χ0v) is 8.96. The first kappa shape index (κ1) is 10.4. The highest BCUT2D eigenvalue weighted by atomic mass is 16.6. The minimum absolute atomic E-state index is 0.197. The summed E-state index contributed by atoms with van der Waals surface area (Å²) in [6, 6.07) is 0.412. The lowest BCUT2D eigenvalue weighted by Gasteiger charge is -2.35. The van der Waals surface area contributed by atoms with Gasteiger partial charge >= 0.3 is 6.09 Å². The molecule has 0 heterocycles. The Morgan fingerprint density at radius 2 is 1.92 bits per heavy atom. The zero-order valence-electron chi connectivity index (χ0n) is 8.96. The molecule has 1 saturated carbocycles. The van der Waals surface area contributed by atoms with Gasteiger partial charge in [-0.05, 0) is 40.0 Å². The van der Waals surface area contributed by atoms with Gasteiger partial charge in [0.2, 0.25) is 0 Å². The minimum Gasteiger partial charge on any atom is -0.444 e. The van der Waals surface area contributed by atoms with Crippen molar-refractivity contribution < 1.29 is 9.53 Å². The molecule has 0 spiro atoms. The van der Waals surface area contributed by atoms with Crippen LogP contribution in [-0.2, 0) is 4.74 Å². The molecule has 0 aliphatic heterocycles. The van der Waals surface area contributed by atoms with Crippen molar-refractivity contribution in [2.75, 3.05) is 7.05 Å². The van der Waals surface area contributed by atoms with E-state index in [-0.39, 0.29) is 11.7 Å². The minimum atomic E-state index is -0.380. The highest BCUT2D eigenvalue weighted by Gasteiger charge is 2.28. The van der Waals surface area contributed by atoms with Gasteiger partial charge in [0.15, 0.2) is 0 Å². The predicted octanol–water partition coefficient (Wildman–Crippen LogP) is 2.41. The molecule has 3 heteroatoms. The lowest BCUT2D eigenvalue weighted by molar-refractivity contribution is 0.0145. The Kier molecular flexibility index (Phi) is 2.84. The summed E-state index contributed by atoms with van der Waals surface area (Å²) >= 11 is 0. The molecule has 0 aromatic rings. The smallest absolute Gasteiger partial charge is 0.410 e. The van der Waals surface area contributed by atoms with E-state index in [4.69, 9.17) is 4.74 Å². The first-order valence-electron chi connectivity index (χ1n) is 4.86. The first-order valence-corrected chi connectivity index (χ1v) is 4.86. The second-order valence-electron chi connectivity index (χ2n) is 4.68. The first-order chi connectivity index (χ1) is 5.90. The molecule has 1 aliphatic carbocycles. The van der Waals surface area contributed by atoms with Gasteiger partial charge in [-0.2, -0.15) is 0 Å². The number of carbonyl (C=O) groups is 1. The van der Waals surface area contributed by atoms with Gasteiger partial charge in [-0.25, -0.2) is 4.79 Å². The third kappa shape index (κ3) is 2.90. The summed E-state index contributed by atoms with van der Waals surface area (Å²) in [4.78, 5) is 13.2. The number of hydrogen-bond acceptors (Lipinski definition) is 2. The molecule has 13 heavy (non-hydrogen) atoms. The van der Waals surface area contributed by atoms with Gasteiger partial charge in [-0.15, -0.1) is 0 Å². The molecule has 76 valence electrons. The van der Waals surface area contributed by atoms with Crippen LogP contribution in [0.3, 0.4) is 0 Å². The lowest BCUT2D eigenvalue weighted by atomic mass is 9.92. The van der Waals surface area contributed by atoms with Gasteiger partial charge in [-0.3, -0.25) is 0 Å². The van der Waals surface area contributed by atoms with E-state index in [0.717, 1.165) is 12.8 Å². The van der Waals surface area contributed by atoms with Gasteiger partial charge in [0.05, 0.1) is 0 Å². The van der Waals surface area contributed by atoms with Crippen molar-refractivity contribution in [1.82, 2.24) is 4.90 Å². The lowest BCUT2D eigenvalue weighted by Crippen LogP contribution is -2.43. The Balaban J connectivity index is 2.38. The molecule has 0 radical (unpaired) electrons. The second kappa shape index (κ2) is 3.56. The Labute approximate surface area is 80.1 Å². The molecule has 3 nitrogen and oxygen atoms in total. The maximum absolute atomic E-state index is 11.5. The van der Waals surface area contributed by atoms with E-state index >= 15 is 0 Å². The van der Waals surface area contributed by atoms with E-state index in [1.165, 1.54) is 6.42 Å². The number of hydrogen-bond donors (Lipinski definition) is 0. The molecule has 1 fully saturated rings. The molecular weight excluding hydrogens is 166 g/mol. The van der Waals surface area contributed by atoms with Crippen LogP contribution in [0.4, 0.5) is 4.79 Å². The van der Waals surface area contributed by atoms with Crippen molar-refractivity contribution in [3.8, 4) is 0 Å². The highest BCUT2D eigenvalue weighted by Crippen LogP contribution is 2.24.